The molecule has 2 heterocycles. The SMILES string of the molecule is OC[C@H]1OC(OC2O[C@H](CO)[C@@H](O)[C@@H]2O)[C@@H](O)[C@@H]1O. The van der Waals surface area contributed by atoms with Crippen LogP contribution in [-0.4, -0.2) is 93.1 Å². The van der Waals surface area contributed by atoms with Crippen molar-refractivity contribution in [1.29, 1.82) is 0 Å². The third-order valence-electron chi connectivity index (χ3n) is 3.27. The van der Waals surface area contributed by atoms with Crippen molar-refractivity contribution in [3.8, 4) is 0 Å². The molecule has 0 spiro atoms. The van der Waals surface area contributed by atoms with E-state index >= 15 is 0 Å². The highest BCUT2D eigenvalue weighted by Crippen LogP contribution is 2.28. The maximum atomic E-state index is 9.63. The van der Waals surface area contributed by atoms with Crippen LogP contribution < -0.4 is 0 Å². The molecule has 2 rings (SSSR count). The Morgan fingerprint density at radius 2 is 1.05 bits per heavy atom. The van der Waals surface area contributed by atoms with Crippen molar-refractivity contribution >= 4 is 0 Å². The zero-order valence-electron chi connectivity index (χ0n) is 9.94. The molecule has 0 amide bonds. The molecule has 9 heteroatoms. The fourth-order valence-corrected chi connectivity index (χ4v) is 2.09. The molecule has 0 saturated carbocycles. The second-order valence-electron chi connectivity index (χ2n) is 4.55. The van der Waals surface area contributed by atoms with E-state index in [1.807, 2.05) is 0 Å². The number of hydrogen-bond donors (Lipinski definition) is 6. The average Bonchev–Trinajstić information content (AvgIpc) is 2.83. The highest BCUT2D eigenvalue weighted by molar-refractivity contribution is 4.90. The Morgan fingerprint density at radius 3 is 1.32 bits per heavy atom. The summed E-state index contributed by atoms with van der Waals surface area (Å²) < 4.78 is 15.2. The minimum Gasteiger partial charge on any atom is -0.394 e. The van der Waals surface area contributed by atoms with Gasteiger partial charge in [0.25, 0.3) is 0 Å². The molecule has 0 aromatic heterocycles. The van der Waals surface area contributed by atoms with Gasteiger partial charge in [-0.05, 0) is 0 Å². The summed E-state index contributed by atoms with van der Waals surface area (Å²) in [5.74, 6) is 0. The number of aliphatic hydroxyl groups is 6. The summed E-state index contributed by atoms with van der Waals surface area (Å²) in [6.07, 6.45) is -10.1. The van der Waals surface area contributed by atoms with E-state index in [4.69, 9.17) is 24.4 Å². The van der Waals surface area contributed by atoms with Crippen LogP contribution in [0.1, 0.15) is 0 Å². The highest BCUT2D eigenvalue weighted by Gasteiger charge is 2.49. The second kappa shape index (κ2) is 5.95. The summed E-state index contributed by atoms with van der Waals surface area (Å²) in [5, 5.41) is 56.1. The van der Waals surface area contributed by atoms with Crippen LogP contribution in [0.5, 0.6) is 0 Å². The van der Waals surface area contributed by atoms with Crippen LogP contribution in [-0.2, 0) is 14.2 Å². The van der Waals surface area contributed by atoms with Crippen molar-refractivity contribution in [2.24, 2.45) is 0 Å². The summed E-state index contributed by atoms with van der Waals surface area (Å²) in [7, 11) is 0. The molecule has 19 heavy (non-hydrogen) atoms. The van der Waals surface area contributed by atoms with Crippen LogP contribution in [0.25, 0.3) is 0 Å². The van der Waals surface area contributed by atoms with Gasteiger partial charge < -0.3 is 44.8 Å². The van der Waals surface area contributed by atoms with Gasteiger partial charge in [0.2, 0.25) is 0 Å². The Hall–Kier alpha value is -0.360. The molecule has 2 aliphatic rings. The first-order valence-electron chi connectivity index (χ1n) is 5.90. The lowest BCUT2D eigenvalue weighted by molar-refractivity contribution is -0.269. The van der Waals surface area contributed by atoms with Crippen molar-refractivity contribution in [3.05, 3.63) is 0 Å². The van der Waals surface area contributed by atoms with E-state index in [2.05, 4.69) is 0 Å². The number of rotatable bonds is 4. The van der Waals surface area contributed by atoms with Gasteiger partial charge in [0, 0.05) is 0 Å². The van der Waals surface area contributed by atoms with Gasteiger partial charge in [-0.2, -0.15) is 0 Å². The summed E-state index contributed by atoms with van der Waals surface area (Å²) in [4.78, 5) is 0. The summed E-state index contributed by atoms with van der Waals surface area (Å²) >= 11 is 0. The lowest BCUT2D eigenvalue weighted by Crippen LogP contribution is -2.40. The largest absolute Gasteiger partial charge is 0.394 e. The van der Waals surface area contributed by atoms with Gasteiger partial charge >= 0.3 is 0 Å². The first kappa shape index (κ1) is 15.0. The average molecular weight is 282 g/mol. The van der Waals surface area contributed by atoms with E-state index in [1.54, 1.807) is 0 Å². The van der Waals surface area contributed by atoms with Crippen LogP contribution in [0.3, 0.4) is 0 Å². The highest BCUT2D eigenvalue weighted by atomic mass is 16.8. The number of aliphatic hydroxyl groups excluding tert-OH is 6. The van der Waals surface area contributed by atoms with Gasteiger partial charge in [-0.3, -0.25) is 0 Å². The zero-order valence-corrected chi connectivity index (χ0v) is 9.94. The van der Waals surface area contributed by atoms with E-state index < -0.39 is 62.4 Å². The topological polar surface area (TPSA) is 149 Å². The molecule has 2 aliphatic heterocycles. The summed E-state index contributed by atoms with van der Waals surface area (Å²) in [6, 6.07) is 0. The lowest BCUT2D eigenvalue weighted by Gasteiger charge is -2.22. The van der Waals surface area contributed by atoms with Gasteiger partial charge in [-0.25, -0.2) is 0 Å². The van der Waals surface area contributed by atoms with E-state index in [0.29, 0.717) is 0 Å². The lowest BCUT2D eigenvalue weighted by atomic mass is 10.1. The van der Waals surface area contributed by atoms with Gasteiger partial charge in [0.05, 0.1) is 13.2 Å². The Labute approximate surface area is 108 Å². The predicted molar refractivity (Wildman–Crippen MR) is 56.6 cm³/mol. The third-order valence-corrected chi connectivity index (χ3v) is 3.27. The maximum absolute atomic E-state index is 9.63. The van der Waals surface area contributed by atoms with Gasteiger partial charge in [-0.1, -0.05) is 0 Å². The van der Waals surface area contributed by atoms with Crippen molar-refractivity contribution in [2.45, 2.75) is 49.2 Å². The maximum Gasteiger partial charge on any atom is 0.189 e. The monoisotopic (exact) mass is 282 g/mol. The molecule has 2 fully saturated rings. The van der Waals surface area contributed by atoms with Crippen molar-refractivity contribution in [3.63, 3.8) is 0 Å². The molecular formula is C10H18O9. The van der Waals surface area contributed by atoms with Crippen molar-refractivity contribution < 1.29 is 44.8 Å². The van der Waals surface area contributed by atoms with Gasteiger partial charge in [0.1, 0.15) is 36.6 Å². The molecule has 0 aromatic rings. The zero-order chi connectivity index (χ0) is 14.2. The standard InChI is InChI=1S/C10H18O9/c11-1-3-5(13)7(15)9(17-3)19-10-8(16)6(14)4(2-12)18-10/h3-16H,1-2H2/t3-,4-,5-,6-,7+,8+,9?,10?/m1/s1. The quantitative estimate of drug-likeness (QED) is 0.302. The van der Waals surface area contributed by atoms with Crippen LogP contribution in [0.4, 0.5) is 0 Å². The van der Waals surface area contributed by atoms with Gasteiger partial charge in [0.15, 0.2) is 12.6 Å². The van der Waals surface area contributed by atoms with E-state index in [0.717, 1.165) is 0 Å². The van der Waals surface area contributed by atoms with Crippen LogP contribution in [0, 0.1) is 0 Å². The predicted octanol–water partition coefficient (Wildman–Crippen LogP) is -4.12. The minimum atomic E-state index is -1.42. The Bertz CT molecular complexity index is 273. The molecule has 112 valence electrons. The second-order valence-corrected chi connectivity index (χ2v) is 4.55. The van der Waals surface area contributed by atoms with E-state index in [1.165, 1.54) is 0 Å². The number of ether oxygens (including phenoxy) is 3. The first-order chi connectivity index (χ1) is 8.99. The van der Waals surface area contributed by atoms with Gasteiger partial charge in [-0.15, -0.1) is 0 Å². The summed E-state index contributed by atoms with van der Waals surface area (Å²) in [6.45, 7) is -1.01. The Balaban J connectivity index is 1.95. The Kier molecular flexibility index (Phi) is 4.71. The smallest absolute Gasteiger partial charge is 0.189 e. The molecular weight excluding hydrogens is 264 g/mol. The molecule has 2 unspecified atom stereocenters. The van der Waals surface area contributed by atoms with Crippen molar-refractivity contribution in [1.82, 2.24) is 0 Å². The fourth-order valence-electron chi connectivity index (χ4n) is 2.09. The van der Waals surface area contributed by atoms with Crippen LogP contribution in [0.2, 0.25) is 0 Å². The first-order valence-corrected chi connectivity index (χ1v) is 5.90. The Morgan fingerprint density at radius 1 is 0.684 bits per heavy atom. The summed E-state index contributed by atoms with van der Waals surface area (Å²) in [5.41, 5.74) is 0. The molecule has 2 saturated heterocycles. The molecule has 6 N–H and O–H groups in total. The van der Waals surface area contributed by atoms with E-state index in [9.17, 15) is 20.4 Å². The fraction of sp³-hybridized carbons (Fsp3) is 1.00. The van der Waals surface area contributed by atoms with Crippen LogP contribution >= 0.6 is 0 Å². The number of hydrogen-bond acceptors (Lipinski definition) is 9. The molecule has 0 radical (unpaired) electrons. The van der Waals surface area contributed by atoms with Crippen molar-refractivity contribution in [2.75, 3.05) is 13.2 Å². The molecule has 0 bridgehead atoms. The normalized spacial score (nSPS) is 50.8. The third kappa shape index (κ3) is 2.75. The molecule has 0 aliphatic carbocycles. The molecule has 9 nitrogen and oxygen atoms in total. The van der Waals surface area contributed by atoms with E-state index in [-0.39, 0.29) is 0 Å². The molecule has 8 atom stereocenters. The molecule has 0 aromatic carbocycles. The van der Waals surface area contributed by atoms with Crippen LogP contribution in [0.15, 0.2) is 0 Å². The minimum absolute atomic E-state index is 0.506.